The molecule has 0 atom stereocenters. The molecule has 2 aromatic rings. The third kappa shape index (κ3) is 2.69. The van der Waals surface area contributed by atoms with Gasteiger partial charge in [0.1, 0.15) is 11.5 Å². The smallest absolute Gasteiger partial charge is 0.354 e. The van der Waals surface area contributed by atoms with Gasteiger partial charge in [-0.2, -0.15) is 0 Å². The first-order chi connectivity index (χ1) is 9.55. The maximum atomic E-state index is 11.1. The molecule has 6 nitrogen and oxygen atoms in total. The molecule has 0 aliphatic carbocycles. The SMILES string of the molecule is COc1ccc(OC)c(-c2nc(C)cc(C(=O)O)n2)c1. The van der Waals surface area contributed by atoms with Crippen LogP contribution in [0.3, 0.4) is 0 Å². The van der Waals surface area contributed by atoms with Crippen LogP contribution in [-0.4, -0.2) is 35.3 Å². The standard InChI is InChI=1S/C14H14N2O4/c1-8-6-11(14(17)18)16-13(15-8)10-7-9(19-2)4-5-12(10)20-3/h4-7H,1-3H3,(H,17,18). The topological polar surface area (TPSA) is 81.5 Å². The Bertz CT molecular complexity index is 656. The van der Waals surface area contributed by atoms with Gasteiger partial charge in [-0.1, -0.05) is 0 Å². The van der Waals surface area contributed by atoms with Gasteiger partial charge in [0.25, 0.3) is 0 Å². The fraction of sp³-hybridized carbons (Fsp3) is 0.214. The van der Waals surface area contributed by atoms with Crippen LogP contribution in [-0.2, 0) is 0 Å². The van der Waals surface area contributed by atoms with E-state index in [2.05, 4.69) is 9.97 Å². The maximum Gasteiger partial charge on any atom is 0.354 e. The van der Waals surface area contributed by atoms with Crippen molar-refractivity contribution in [1.29, 1.82) is 0 Å². The van der Waals surface area contributed by atoms with E-state index in [1.54, 1.807) is 32.2 Å². The number of aryl methyl sites for hydroxylation is 1. The normalized spacial score (nSPS) is 10.2. The number of benzene rings is 1. The number of aromatic nitrogens is 2. The Hall–Kier alpha value is -2.63. The summed E-state index contributed by atoms with van der Waals surface area (Å²) in [5.41, 5.74) is 1.09. The van der Waals surface area contributed by atoms with Gasteiger partial charge in [0.2, 0.25) is 0 Å². The lowest BCUT2D eigenvalue weighted by atomic mass is 10.1. The van der Waals surface area contributed by atoms with E-state index in [1.807, 2.05) is 0 Å². The molecule has 104 valence electrons. The van der Waals surface area contributed by atoms with Gasteiger partial charge in [-0.05, 0) is 31.2 Å². The number of aromatic carboxylic acids is 1. The van der Waals surface area contributed by atoms with Crippen molar-refractivity contribution >= 4 is 5.97 Å². The number of methoxy groups -OCH3 is 2. The molecule has 1 aromatic carbocycles. The fourth-order valence-electron chi connectivity index (χ4n) is 1.79. The molecule has 0 spiro atoms. The number of carbonyl (C=O) groups is 1. The highest BCUT2D eigenvalue weighted by molar-refractivity contribution is 5.86. The second-order valence-corrected chi connectivity index (χ2v) is 4.09. The highest BCUT2D eigenvalue weighted by atomic mass is 16.5. The molecule has 0 radical (unpaired) electrons. The zero-order valence-corrected chi connectivity index (χ0v) is 11.4. The van der Waals surface area contributed by atoms with Crippen molar-refractivity contribution in [3.8, 4) is 22.9 Å². The van der Waals surface area contributed by atoms with Gasteiger partial charge in [-0.25, -0.2) is 14.8 Å². The van der Waals surface area contributed by atoms with Gasteiger partial charge >= 0.3 is 5.97 Å². The molecule has 0 amide bonds. The lowest BCUT2D eigenvalue weighted by molar-refractivity contribution is 0.0690. The minimum Gasteiger partial charge on any atom is -0.497 e. The molecular formula is C14H14N2O4. The van der Waals surface area contributed by atoms with E-state index < -0.39 is 5.97 Å². The van der Waals surface area contributed by atoms with Crippen molar-refractivity contribution in [3.63, 3.8) is 0 Å². The largest absolute Gasteiger partial charge is 0.497 e. The molecule has 0 aliphatic heterocycles. The van der Waals surface area contributed by atoms with E-state index >= 15 is 0 Å². The highest BCUT2D eigenvalue weighted by Gasteiger charge is 2.14. The molecule has 6 heteroatoms. The Labute approximate surface area is 116 Å². The van der Waals surface area contributed by atoms with Crippen molar-refractivity contribution in [2.45, 2.75) is 6.92 Å². The molecule has 0 saturated carbocycles. The van der Waals surface area contributed by atoms with Crippen LogP contribution < -0.4 is 9.47 Å². The van der Waals surface area contributed by atoms with E-state index in [9.17, 15) is 4.79 Å². The average molecular weight is 274 g/mol. The van der Waals surface area contributed by atoms with Crippen molar-refractivity contribution in [3.05, 3.63) is 35.7 Å². The van der Waals surface area contributed by atoms with E-state index in [-0.39, 0.29) is 11.5 Å². The number of carboxylic acid groups (broad SMARTS) is 1. The van der Waals surface area contributed by atoms with E-state index in [1.165, 1.54) is 13.2 Å². The lowest BCUT2D eigenvalue weighted by Crippen LogP contribution is -2.05. The first-order valence-corrected chi connectivity index (χ1v) is 5.86. The van der Waals surface area contributed by atoms with Crippen molar-refractivity contribution in [2.75, 3.05) is 14.2 Å². The Morgan fingerprint density at radius 2 is 1.90 bits per heavy atom. The summed E-state index contributed by atoms with van der Waals surface area (Å²) in [6, 6.07) is 6.59. The summed E-state index contributed by atoms with van der Waals surface area (Å²) in [5.74, 6) is 0.354. The van der Waals surface area contributed by atoms with Crippen LogP contribution in [0.5, 0.6) is 11.5 Å². The minimum atomic E-state index is -1.10. The molecule has 1 heterocycles. The summed E-state index contributed by atoms with van der Waals surface area (Å²) < 4.78 is 10.4. The molecule has 0 aliphatic rings. The third-order valence-corrected chi connectivity index (χ3v) is 2.72. The fourth-order valence-corrected chi connectivity index (χ4v) is 1.79. The van der Waals surface area contributed by atoms with Crippen LogP contribution in [0, 0.1) is 6.92 Å². The zero-order valence-electron chi connectivity index (χ0n) is 11.4. The highest BCUT2D eigenvalue weighted by Crippen LogP contribution is 2.31. The second-order valence-electron chi connectivity index (χ2n) is 4.09. The van der Waals surface area contributed by atoms with Crippen LogP contribution in [0.15, 0.2) is 24.3 Å². The van der Waals surface area contributed by atoms with Gasteiger partial charge in [0, 0.05) is 5.69 Å². The van der Waals surface area contributed by atoms with Crippen molar-refractivity contribution < 1.29 is 19.4 Å². The lowest BCUT2D eigenvalue weighted by Gasteiger charge is -2.10. The minimum absolute atomic E-state index is 0.0580. The monoisotopic (exact) mass is 274 g/mol. The van der Waals surface area contributed by atoms with E-state index in [0.717, 1.165) is 0 Å². The van der Waals surface area contributed by atoms with Crippen molar-refractivity contribution in [2.24, 2.45) is 0 Å². The molecule has 1 aromatic heterocycles. The summed E-state index contributed by atoms with van der Waals surface area (Å²) in [7, 11) is 3.07. The van der Waals surface area contributed by atoms with Crippen LogP contribution in [0.2, 0.25) is 0 Å². The molecule has 20 heavy (non-hydrogen) atoms. The molecule has 0 bridgehead atoms. The number of hydrogen-bond donors (Lipinski definition) is 1. The summed E-state index contributed by atoms with van der Waals surface area (Å²) in [6.45, 7) is 1.71. The second kappa shape index (κ2) is 5.56. The third-order valence-electron chi connectivity index (χ3n) is 2.72. The zero-order chi connectivity index (χ0) is 14.7. The van der Waals surface area contributed by atoms with Gasteiger partial charge in [-0.15, -0.1) is 0 Å². The number of rotatable bonds is 4. The molecule has 0 saturated heterocycles. The molecular weight excluding hydrogens is 260 g/mol. The summed E-state index contributed by atoms with van der Waals surface area (Å²) >= 11 is 0. The first-order valence-electron chi connectivity index (χ1n) is 5.86. The van der Waals surface area contributed by atoms with Gasteiger partial charge < -0.3 is 14.6 Å². The Morgan fingerprint density at radius 3 is 2.50 bits per heavy atom. The van der Waals surface area contributed by atoms with Crippen LogP contribution in [0.4, 0.5) is 0 Å². The number of ether oxygens (including phenoxy) is 2. The Kier molecular flexibility index (Phi) is 3.84. The quantitative estimate of drug-likeness (QED) is 0.920. The average Bonchev–Trinajstić information content (AvgIpc) is 2.45. The summed E-state index contributed by atoms with van der Waals surface area (Å²) in [5, 5.41) is 9.06. The van der Waals surface area contributed by atoms with Gasteiger partial charge in [0.15, 0.2) is 11.5 Å². The molecule has 0 unspecified atom stereocenters. The Morgan fingerprint density at radius 1 is 1.15 bits per heavy atom. The molecule has 2 rings (SSSR count). The summed E-state index contributed by atoms with van der Waals surface area (Å²) in [4.78, 5) is 19.4. The Balaban J connectivity index is 2.63. The molecule has 1 N–H and O–H groups in total. The van der Waals surface area contributed by atoms with Crippen LogP contribution in [0.25, 0.3) is 11.4 Å². The predicted molar refractivity (Wildman–Crippen MR) is 72.3 cm³/mol. The van der Waals surface area contributed by atoms with Gasteiger partial charge in [-0.3, -0.25) is 0 Å². The van der Waals surface area contributed by atoms with E-state index in [0.29, 0.717) is 22.8 Å². The summed E-state index contributed by atoms with van der Waals surface area (Å²) in [6.07, 6.45) is 0. The van der Waals surface area contributed by atoms with Crippen molar-refractivity contribution in [1.82, 2.24) is 9.97 Å². The number of nitrogens with zero attached hydrogens (tertiary/aromatic N) is 2. The van der Waals surface area contributed by atoms with E-state index in [4.69, 9.17) is 14.6 Å². The van der Waals surface area contributed by atoms with Crippen LogP contribution >= 0.6 is 0 Å². The number of carboxylic acids is 1. The first kappa shape index (κ1) is 13.8. The maximum absolute atomic E-state index is 11.1. The molecule has 0 fully saturated rings. The number of hydrogen-bond acceptors (Lipinski definition) is 5. The van der Waals surface area contributed by atoms with Gasteiger partial charge in [0.05, 0.1) is 19.8 Å². The van der Waals surface area contributed by atoms with Crippen LogP contribution in [0.1, 0.15) is 16.2 Å². The predicted octanol–water partition coefficient (Wildman–Crippen LogP) is 2.17.